The molecule has 1 atom stereocenters. The quantitative estimate of drug-likeness (QED) is 0.812. The molecule has 20 heavy (non-hydrogen) atoms. The maximum absolute atomic E-state index is 5.87. The Morgan fingerprint density at radius 1 is 1.20 bits per heavy atom. The molecule has 1 aromatic heterocycles. The lowest BCUT2D eigenvalue weighted by Crippen LogP contribution is -2.17. The number of nitrogens with one attached hydrogen (secondary N) is 1. The highest BCUT2D eigenvalue weighted by molar-refractivity contribution is 4.96. The van der Waals surface area contributed by atoms with Crippen LogP contribution in [0, 0.1) is 5.92 Å². The van der Waals surface area contributed by atoms with Crippen molar-refractivity contribution in [1.29, 1.82) is 0 Å². The van der Waals surface area contributed by atoms with Gasteiger partial charge in [-0.05, 0) is 45.1 Å². The standard InChI is InChI=1S/C16H29N3O/c1-4-6-7-13-8-10-14(11-9-13)16-19-18-15(20-16)12(3)17-5-2/h12-14,17H,4-11H2,1-3H3. The lowest BCUT2D eigenvalue weighted by atomic mass is 9.80. The zero-order chi connectivity index (χ0) is 14.4. The number of aromatic nitrogens is 2. The molecule has 1 fully saturated rings. The number of hydrogen-bond donors (Lipinski definition) is 1. The lowest BCUT2D eigenvalue weighted by Gasteiger charge is -2.26. The first-order chi connectivity index (χ1) is 9.74. The van der Waals surface area contributed by atoms with E-state index in [1.165, 1.54) is 44.9 Å². The van der Waals surface area contributed by atoms with Crippen LogP contribution in [0.25, 0.3) is 0 Å². The zero-order valence-electron chi connectivity index (χ0n) is 13.2. The van der Waals surface area contributed by atoms with E-state index < -0.39 is 0 Å². The molecule has 1 unspecified atom stereocenters. The molecule has 0 amide bonds. The van der Waals surface area contributed by atoms with Crippen molar-refractivity contribution in [3.63, 3.8) is 0 Å². The molecule has 1 aliphatic rings. The van der Waals surface area contributed by atoms with Gasteiger partial charge in [-0.25, -0.2) is 0 Å². The normalized spacial score (nSPS) is 24.8. The van der Waals surface area contributed by atoms with Crippen LogP contribution in [0.5, 0.6) is 0 Å². The van der Waals surface area contributed by atoms with Gasteiger partial charge in [-0.15, -0.1) is 10.2 Å². The fraction of sp³-hybridized carbons (Fsp3) is 0.875. The molecular formula is C16H29N3O. The Morgan fingerprint density at radius 3 is 2.60 bits per heavy atom. The van der Waals surface area contributed by atoms with Gasteiger partial charge in [-0.2, -0.15) is 0 Å². The molecule has 0 saturated heterocycles. The summed E-state index contributed by atoms with van der Waals surface area (Å²) in [6.07, 6.45) is 9.17. The first-order valence-electron chi connectivity index (χ1n) is 8.31. The Hall–Kier alpha value is -0.900. The number of unbranched alkanes of at least 4 members (excludes halogenated alkanes) is 1. The van der Waals surface area contributed by atoms with Gasteiger partial charge in [-0.1, -0.05) is 33.1 Å². The highest BCUT2D eigenvalue weighted by Crippen LogP contribution is 2.37. The third-order valence-electron chi connectivity index (χ3n) is 4.50. The van der Waals surface area contributed by atoms with Crippen molar-refractivity contribution in [3.8, 4) is 0 Å². The van der Waals surface area contributed by atoms with Crippen LogP contribution in [-0.2, 0) is 0 Å². The van der Waals surface area contributed by atoms with E-state index in [0.29, 0.717) is 5.92 Å². The molecule has 4 nitrogen and oxygen atoms in total. The fourth-order valence-corrected chi connectivity index (χ4v) is 3.17. The summed E-state index contributed by atoms with van der Waals surface area (Å²) in [6, 6.07) is 0.155. The molecular weight excluding hydrogens is 250 g/mol. The topological polar surface area (TPSA) is 51.0 Å². The second-order valence-corrected chi connectivity index (χ2v) is 6.12. The van der Waals surface area contributed by atoms with Crippen molar-refractivity contribution < 1.29 is 4.42 Å². The van der Waals surface area contributed by atoms with Gasteiger partial charge in [-0.3, -0.25) is 0 Å². The van der Waals surface area contributed by atoms with Gasteiger partial charge in [0.15, 0.2) is 0 Å². The van der Waals surface area contributed by atoms with Gasteiger partial charge in [0.2, 0.25) is 11.8 Å². The maximum atomic E-state index is 5.87. The summed E-state index contributed by atoms with van der Waals surface area (Å²) in [5, 5.41) is 11.8. The van der Waals surface area contributed by atoms with Crippen LogP contribution in [0.3, 0.4) is 0 Å². The Kier molecular flexibility index (Phi) is 6.02. The van der Waals surface area contributed by atoms with Gasteiger partial charge >= 0.3 is 0 Å². The van der Waals surface area contributed by atoms with Crippen LogP contribution in [0.2, 0.25) is 0 Å². The molecule has 0 radical (unpaired) electrons. The number of rotatable bonds is 7. The molecule has 114 valence electrons. The van der Waals surface area contributed by atoms with E-state index >= 15 is 0 Å². The lowest BCUT2D eigenvalue weighted by molar-refractivity contribution is 0.270. The average Bonchev–Trinajstić information content (AvgIpc) is 2.96. The molecule has 1 saturated carbocycles. The Bertz CT molecular complexity index is 383. The molecule has 0 aliphatic heterocycles. The molecule has 1 aromatic rings. The predicted octanol–water partition coefficient (Wildman–Crippen LogP) is 4.20. The van der Waals surface area contributed by atoms with Gasteiger partial charge < -0.3 is 9.73 Å². The smallest absolute Gasteiger partial charge is 0.233 e. The van der Waals surface area contributed by atoms with Crippen molar-refractivity contribution in [3.05, 3.63) is 11.8 Å². The SMILES string of the molecule is CCCCC1CCC(c2nnc(C(C)NCC)o2)CC1. The summed E-state index contributed by atoms with van der Waals surface area (Å²) in [4.78, 5) is 0. The summed E-state index contributed by atoms with van der Waals surface area (Å²) >= 11 is 0. The van der Waals surface area contributed by atoms with Crippen molar-refractivity contribution in [2.24, 2.45) is 5.92 Å². The van der Waals surface area contributed by atoms with Crippen molar-refractivity contribution in [1.82, 2.24) is 15.5 Å². The average molecular weight is 279 g/mol. The van der Waals surface area contributed by atoms with E-state index in [9.17, 15) is 0 Å². The number of hydrogen-bond acceptors (Lipinski definition) is 4. The molecule has 1 aliphatic carbocycles. The highest BCUT2D eigenvalue weighted by Gasteiger charge is 2.26. The minimum Gasteiger partial charge on any atom is -0.423 e. The molecule has 0 spiro atoms. The summed E-state index contributed by atoms with van der Waals surface area (Å²) in [5.41, 5.74) is 0. The van der Waals surface area contributed by atoms with E-state index in [-0.39, 0.29) is 6.04 Å². The monoisotopic (exact) mass is 279 g/mol. The summed E-state index contributed by atoms with van der Waals surface area (Å²) in [6.45, 7) is 7.35. The molecule has 1 N–H and O–H groups in total. The Morgan fingerprint density at radius 2 is 1.95 bits per heavy atom. The predicted molar refractivity (Wildman–Crippen MR) is 80.6 cm³/mol. The van der Waals surface area contributed by atoms with Crippen molar-refractivity contribution in [2.75, 3.05) is 6.54 Å². The summed E-state index contributed by atoms with van der Waals surface area (Å²) < 4.78 is 5.87. The van der Waals surface area contributed by atoms with Crippen LogP contribution in [0.4, 0.5) is 0 Å². The molecule has 4 heteroatoms. The molecule has 0 bridgehead atoms. The van der Waals surface area contributed by atoms with Gasteiger partial charge in [0.25, 0.3) is 0 Å². The first-order valence-corrected chi connectivity index (χ1v) is 8.31. The van der Waals surface area contributed by atoms with E-state index in [1.807, 2.05) is 0 Å². The van der Waals surface area contributed by atoms with E-state index in [1.54, 1.807) is 0 Å². The third kappa shape index (κ3) is 4.05. The van der Waals surface area contributed by atoms with Gasteiger partial charge in [0.1, 0.15) is 0 Å². The van der Waals surface area contributed by atoms with Crippen LogP contribution in [-0.4, -0.2) is 16.7 Å². The van der Waals surface area contributed by atoms with Crippen molar-refractivity contribution >= 4 is 0 Å². The second kappa shape index (κ2) is 7.77. The third-order valence-corrected chi connectivity index (χ3v) is 4.50. The van der Waals surface area contributed by atoms with Gasteiger partial charge in [0, 0.05) is 5.92 Å². The maximum Gasteiger partial charge on any atom is 0.233 e. The van der Waals surface area contributed by atoms with Gasteiger partial charge in [0.05, 0.1) is 6.04 Å². The Labute approximate surface area is 122 Å². The van der Waals surface area contributed by atoms with E-state index in [0.717, 1.165) is 24.2 Å². The zero-order valence-corrected chi connectivity index (χ0v) is 13.2. The minimum absolute atomic E-state index is 0.155. The molecule has 0 aromatic carbocycles. The molecule has 2 rings (SSSR count). The second-order valence-electron chi connectivity index (χ2n) is 6.12. The van der Waals surface area contributed by atoms with Crippen LogP contribution >= 0.6 is 0 Å². The Balaban J connectivity index is 1.84. The van der Waals surface area contributed by atoms with E-state index in [2.05, 4.69) is 36.3 Å². The fourth-order valence-electron chi connectivity index (χ4n) is 3.17. The summed E-state index contributed by atoms with van der Waals surface area (Å²) in [7, 11) is 0. The van der Waals surface area contributed by atoms with Crippen LogP contribution < -0.4 is 5.32 Å². The highest BCUT2D eigenvalue weighted by atomic mass is 16.4. The van der Waals surface area contributed by atoms with Crippen LogP contribution in [0.1, 0.15) is 89.5 Å². The number of nitrogens with zero attached hydrogens (tertiary/aromatic N) is 2. The first kappa shape index (κ1) is 15.5. The van der Waals surface area contributed by atoms with Crippen molar-refractivity contribution in [2.45, 2.75) is 77.7 Å². The minimum atomic E-state index is 0.155. The molecule has 1 heterocycles. The largest absolute Gasteiger partial charge is 0.423 e. The van der Waals surface area contributed by atoms with Crippen LogP contribution in [0.15, 0.2) is 4.42 Å². The van der Waals surface area contributed by atoms with E-state index in [4.69, 9.17) is 4.42 Å². The summed E-state index contributed by atoms with van der Waals surface area (Å²) in [5.74, 6) is 3.01.